The van der Waals surface area contributed by atoms with Gasteiger partial charge in [0.25, 0.3) is 0 Å². The van der Waals surface area contributed by atoms with E-state index in [1.807, 2.05) is 0 Å². The Kier molecular flexibility index (Phi) is 4.27. The van der Waals surface area contributed by atoms with E-state index in [4.69, 9.17) is 0 Å². The maximum atomic E-state index is 12.1. The van der Waals surface area contributed by atoms with E-state index in [2.05, 4.69) is 36.1 Å². The Morgan fingerprint density at radius 1 is 1.37 bits per heavy atom. The van der Waals surface area contributed by atoms with Crippen LogP contribution < -0.4 is 5.32 Å². The zero-order valence-electron chi connectivity index (χ0n) is 12.2. The molecule has 2 rings (SSSR count). The minimum absolute atomic E-state index is 0.196. The first-order valence-corrected chi connectivity index (χ1v) is 7.22. The zero-order valence-corrected chi connectivity index (χ0v) is 12.2. The Bertz CT molecular complexity index is 398. The summed E-state index contributed by atoms with van der Waals surface area (Å²) in [4.78, 5) is 19.0. The van der Waals surface area contributed by atoms with E-state index in [1.54, 1.807) is 12.5 Å². The predicted octanol–water partition coefficient (Wildman–Crippen LogP) is 2.88. The van der Waals surface area contributed by atoms with Crippen molar-refractivity contribution in [2.75, 3.05) is 0 Å². The molecular weight excluding hydrogens is 238 g/mol. The molecule has 1 aliphatic rings. The third-order valence-electron chi connectivity index (χ3n) is 4.33. The van der Waals surface area contributed by atoms with Crippen LogP contribution in [0.3, 0.4) is 0 Å². The number of aromatic amines is 1. The molecule has 0 aliphatic heterocycles. The number of amides is 1. The molecular formula is C15H25N3O. The molecule has 4 heteroatoms. The lowest BCUT2D eigenvalue weighted by Crippen LogP contribution is -2.35. The first-order valence-electron chi connectivity index (χ1n) is 7.22. The third-order valence-corrected chi connectivity index (χ3v) is 4.33. The number of carbonyl (C=O) groups is 1. The summed E-state index contributed by atoms with van der Waals surface area (Å²) in [5.41, 5.74) is 1.33. The second kappa shape index (κ2) is 5.76. The molecule has 1 fully saturated rings. The van der Waals surface area contributed by atoms with E-state index in [0.29, 0.717) is 12.0 Å². The Labute approximate surface area is 115 Å². The van der Waals surface area contributed by atoms with E-state index < -0.39 is 0 Å². The van der Waals surface area contributed by atoms with Gasteiger partial charge in [0.1, 0.15) is 0 Å². The van der Waals surface area contributed by atoms with Crippen LogP contribution in [0, 0.1) is 17.3 Å². The minimum Gasteiger partial charge on any atom is -0.350 e. The smallest absolute Gasteiger partial charge is 0.223 e. The summed E-state index contributed by atoms with van der Waals surface area (Å²) in [5, 5.41) is 3.00. The van der Waals surface area contributed by atoms with Crippen molar-refractivity contribution in [1.82, 2.24) is 15.3 Å². The Morgan fingerprint density at radius 2 is 2.05 bits per heavy atom. The lowest BCUT2D eigenvalue weighted by Gasteiger charge is -2.36. The van der Waals surface area contributed by atoms with E-state index >= 15 is 0 Å². The van der Waals surface area contributed by atoms with Crippen molar-refractivity contribution < 1.29 is 4.79 Å². The number of carbonyl (C=O) groups excluding carboxylic acids is 1. The lowest BCUT2D eigenvalue weighted by atomic mass is 9.69. The van der Waals surface area contributed by atoms with Gasteiger partial charge in [-0.3, -0.25) is 4.79 Å². The molecule has 0 spiro atoms. The molecule has 0 bridgehead atoms. The summed E-state index contributed by atoms with van der Waals surface area (Å²) in [6.07, 6.45) is 7.78. The molecule has 106 valence electrons. The molecule has 1 aromatic heterocycles. The molecule has 1 saturated carbocycles. The van der Waals surface area contributed by atoms with Crippen molar-refractivity contribution in [2.45, 2.75) is 53.0 Å². The van der Waals surface area contributed by atoms with Crippen LogP contribution >= 0.6 is 0 Å². The van der Waals surface area contributed by atoms with Crippen molar-refractivity contribution in [1.29, 1.82) is 0 Å². The molecule has 0 atom stereocenters. The van der Waals surface area contributed by atoms with Crippen LogP contribution in [0.25, 0.3) is 0 Å². The van der Waals surface area contributed by atoms with Gasteiger partial charge in [0.2, 0.25) is 5.91 Å². The average Bonchev–Trinajstić information content (AvgIpc) is 2.88. The van der Waals surface area contributed by atoms with Gasteiger partial charge in [0, 0.05) is 12.1 Å². The largest absolute Gasteiger partial charge is 0.350 e. The molecule has 1 aromatic rings. The molecule has 0 unspecified atom stereocenters. The normalized spacial score (nSPS) is 24.2. The SMILES string of the molecule is CC(C)(C)C1CCC(C(=O)NCc2cnc[nH]2)CC1. The fraction of sp³-hybridized carbons (Fsp3) is 0.733. The molecule has 19 heavy (non-hydrogen) atoms. The van der Waals surface area contributed by atoms with E-state index in [-0.39, 0.29) is 11.8 Å². The van der Waals surface area contributed by atoms with Crippen LogP contribution in [0.5, 0.6) is 0 Å². The zero-order chi connectivity index (χ0) is 13.9. The fourth-order valence-corrected chi connectivity index (χ4v) is 2.93. The molecule has 0 aromatic carbocycles. The van der Waals surface area contributed by atoms with Crippen LogP contribution in [0.15, 0.2) is 12.5 Å². The van der Waals surface area contributed by atoms with Gasteiger partial charge in [0.15, 0.2) is 0 Å². The van der Waals surface area contributed by atoms with Gasteiger partial charge in [-0.25, -0.2) is 4.98 Å². The van der Waals surface area contributed by atoms with Crippen LogP contribution in [-0.4, -0.2) is 15.9 Å². The van der Waals surface area contributed by atoms with Crippen molar-refractivity contribution in [3.63, 3.8) is 0 Å². The highest BCUT2D eigenvalue weighted by molar-refractivity contribution is 5.78. The summed E-state index contributed by atoms with van der Waals surface area (Å²) in [6, 6.07) is 0. The quantitative estimate of drug-likeness (QED) is 0.881. The summed E-state index contributed by atoms with van der Waals surface area (Å²) in [6.45, 7) is 7.46. The van der Waals surface area contributed by atoms with Gasteiger partial charge in [-0.1, -0.05) is 20.8 Å². The minimum atomic E-state index is 0.196. The molecule has 1 aliphatic carbocycles. The van der Waals surface area contributed by atoms with Gasteiger partial charge in [-0.05, 0) is 37.0 Å². The third kappa shape index (κ3) is 3.82. The second-order valence-corrected chi connectivity index (χ2v) is 6.71. The fourth-order valence-electron chi connectivity index (χ4n) is 2.93. The molecule has 1 amide bonds. The maximum Gasteiger partial charge on any atom is 0.223 e. The molecule has 0 radical (unpaired) electrons. The average molecular weight is 263 g/mol. The van der Waals surface area contributed by atoms with E-state index in [0.717, 1.165) is 24.5 Å². The van der Waals surface area contributed by atoms with Crippen molar-refractivity contribution in [3.8, 4) is 0 Å². The van der Waals surface area contributed by atoms with Crippen molar-refractivity contribution >= 4 is 5.91 Å². The summed E-state index contributed by atoms with van der Waals surface area (Å²) in [7, 11) is 0. The van der Waals surface area contributed by atoms with Crippen molar-refractivity contribution in [2.24, 2.45) is 17.3 Å². The van der Waals surface area contributed by atoms with Crippen LogP contribution in [0.1, 0.15) is 52.1 Å². The van der Waals surface area contributed by atoms with Crippen LogP contribution in [0.4, 0.5) is 0 Å². The standard InChI is InChI=1S/C15H25N3O/c1-15(2,3)12-6-4-11(5-7-12)14(19)17-9-13-8-16-10-18-13/h8,10-12H,4-7,9H2,1-3H3,(H,16,18)(H,17,19). The van der Waals surface area contributed by atoms with E-state index in [9.17, 15) is 4.79 Å². The Morgan fingerprint density at radius 3 is 2.58 bits per heavy atom. The summed E-state index contributed by atoms with van der Waals surface area (Å²) < 4.78 is 0. The molecule has 2 N–H and O–H groups in total. The highest BCUT2D eigenvalue weighted by Gasteiger charge is 2.32. The number of aromatic nitrogens is 2. The first kappa shape index (κ1) is 14.1. The highest BCUT2D eigenvalue weighted by Crippen LogP contribution is 2.39. The van der Waals surface area contributed by atoms with Gasteiger partial charge in [-0.2, -0.15) is 0 Å². The topological polar surface area (TPSA) is 57.8 Å². The number of imidazole rings is 1. The summed E-state index contributed by atoms with van der Waals surface area (Å²) in [5.74, 6) is 1.15. The first-order chi connectivity index (χ1) is 8.97. The lowest BCUT2D eigenvalue weighted by molar-refractivity contribution is -0.126. The molecule has 1 heterocycles. The van der Waals surface area contributed by atoms with Crippen LogP contribution in [0.2, 0.25) is 0 Å². The van der Waals surface area contributed by atoms with Gasteiger partial charge >= 0.3 is 0 Å². The summed E-state index contributed by atoms with van der Waals surface area (Å²) >= 11 is 0. The number of hydrogen-bond donors (Lipinski definition) is 2. The Hall–Kier alpha value is -1.32. The van der Waals surface area contributed by atoms with Gasteiger partial charge in [-0.15, -0.1) is 0 Å². The number of hydrogen-bond acceptors (Lipinski definition) is 2. The number of nitrogens with zero attached hydrogens (tertiary/aromatic N) is 1. The number of nitrogens with one attached hydrogen (secondary N) is 2. The van der Waals surface area contributed by atoms with Gasteiger partial charge < -0.3 is 10.3 Å². The number of H-pyrrole nitrogens is 1. The maximum absolute atomic E-state index is 12.1. The number of rotatable bonds is 3. The Balaban J connectivity index is 1.76. The van der Waals surface area contributed by atoms with Gasteiger partial charge in [0.05, 0.1) is 18.6 Å². The van der Waals surface area contributed by atoms with Crippen molar-refractivity contribution in [3.05, 3.63) is 18.2 Å². The monoisotopic (exact) mass is 263 g/mol. The second-order valence-electron chi connectivity index (χ2n) is 6.71. The van der Waals surface area contributed by atoms with E-state index in [1.165, 1.54) is 12.8 Å². The molecule has 4 nitrogen and oxygen atoms in total. The predicted molar refractivity (Wildman–Crippen MR) is 75.3 cm³/mol. The molecule has 0 saturated heterocycles. The highest BCUT2D eigenvalue weighted by atomic mass is 16.1. The van der Waals surface area contributed by atoms with Crippen LogP contribution in [-0.2, 0) is 11.3 Å².